The lowest BCUT2D eigenvalue weighted by atomic mass is 9.89. The molecule has 7 heteroatoms. The van der Waals surface area contributed by atoms with Gasteiger partial charge >= 0.3 is 0 Å². The molecular weight excluding hydrogens is 501 g/mol. The number of hydrogen-bond acceptors (Lipinski definition) is 3. The van der Waals surface area contributed by atoms with Crippen LogP contribution in [0.3, 0.4) is 0 Å². The molecule has 2 aliphatic carbocycles. The number of rotatable bonds is 6. The number of carbonyl (C=O) groups is 1. The van der Waals surface area contributed by atoms with E-state index in [1.54, 1.807) is 0 Å². The van der Waals surface area contributed by atoms with Gasteiger partial charge < -0.3 is 15.5 Å². The number of guanidine groups is 1. The zero-order chi connectivity index (χ0) is 20.8. The summed E-state index contributed by atoms with van der Waals surface area (Å²) in [7, 11) is 1.86. The highest BCUT2D eigenvalue weighted by molar-refractivity contribution is 14.0. The number of nitrogens with one attached hydrogen (secondary N) is 2. The van der Waals surface area contributed by atoms with Gasteiger partial charge in [0.2, 0.25) is 5.91 Å². The van der Waals surface area contributed by atoms with Crippen LogP contribution in [0.4, 0.5) is 0 Å². The zero-order valence-corrected chi connectivity index (χ0v) is 21.8. The van der Waals surface area contributed by atoms with Crippen molar-refractivity contribution >= 4 is 35.8 Å². The molecule has 0 spiro atoms. The Morgan fingerprint density at radius 3 is 2.42 bits per heavy atom. The molecule has 0 radical (unpaired) electrons. The van der Waals surface area contributed by atoms with E-state index in [9.17, 15) is 4.79 Å². The Kier molecular flexibility index (Phi) is 10.2. The first kappa shape index (κ1) is 25.1. The summed E-state index contributed by atoms with van der Waals surface area (Å²) in [6, 6.07) is 0.956. The molecule has 1 amide bonds. The summed E-state index contributed by atoms with van der Waals surface area (Å²) in [5.41, 5.74) is 0. The molecule has 4 rings (SSSR count). The second-order valence-corrected chi connectivity index (χ2v) is 10.1. The number of halogens is 1. The van der Waals surface area contributed by atoms with Gasteiger partial charge in [-0.25, -0.2) is 0 Å². The summed E-state index contributed by atoms with van der Waals surface area (Å²) in [4.78, 5) is 22.0. The van der Waals surface area contributed by atoms with Crippen molar-refractivity contribution in [2.45, 2.75) is 89.1 Å². The Morgan fingerprint density at radius 1 is 0.935 bits per heavy atom. The summed E-state index contributed by atoms with van der Waals surface area (Å²) in [5, 5.41) is 7.19. The maximum atomic E-state index is 12.7. The number of hydrogen-bond donors (Lipinski definition) is 2. The van der Waals surface area contributed by atoms with E-state index in [1.165, 1.54) is 70.9 Å². The third-order valence-corrected chi connectivity index (χ3v) is 7.99. The van der Waals surface area contributed by atoms with E-state index in [-0.39, 0.29) is 24.0 Å². The van der Waals surface area contributed by atoms with Crippen molar-refractivity contribution in [2.24, 2.45) is 16.8 Å². The molecule has 0 aromatic carbocycles. The van der Waals surface area contributed by atoms with Crippen molar-refractivity contribution < 1.29 is 4.79 Å². The third kappa shape index (κ3) is 6.95. The highest BCUT2D eigenvalue weighted by Crippen LogP contribution is 2.28. The fourth-order valence-corrected chi connectivity index (χ4v) is 6.18. The fraction of sp³-hybridized carbons (Fsp3) is 0.917. The molecule has 2 unspecified atom stereocenters. The fourth-order valence-electron chi connectivity index (χ4n) is 6.18. The molecular formula is C24H44IN5O. The van der Waals surface area contributed by atoms with Crippen LogP contribution in [0, 0.1) is 11.8 Å². The smallest absolute Gasteiger partial charge is 0.225 e. The molecule has 6 nitrogen and oxygen atoms in total. The van der Waals surface area contributed by atoms with Crippen molar-refractivity contribution in [2.75, 3.05) is 39.8 Å². The van der Waals surface area contributed by atoms with Crippen molar-refractivity contribution in [1.82, 2.24) is 20.4 Å². The molecule has 4 aliphatic rings. The van der Waals surface area contributed by atoms with Crippen LogP contribution in [0.25, 0.3) is 0 Å². The molecule has 2 aliphatic heterocycles. The maximum Gasteiger partial charge on any atom is 0.225 e. The van der Waals surface area contributed by atoms with Crippen LogP contribution >= 0.6 is 24.0 Å². The molecule has 2 atom stereocenters. The van der Waals surface area contributed by atoms with E-state index < -0.39 is 0 Å². The van der Waals surface area contributed by atoms with Gasteiger partial charge in [0, 0.05) is 51.2 Å². The molecule has 0 aromatic heterocycles. The Bertz CT molecular complexity index is 589. The van der Waals surface area contributed by atoms with Crippen LogP contribution < -0.4 is 10.6 Å². The molecule has 2 N–H and O–H groups in total. The van der Waals surface area contributed by atoms with E-state index in [1.807, 2.05) is 7.05 Å². The van der Waals surface area contributed by atoms with E-state index in [2.05, 4.69) is 25.4 Å². The first-order valence-corrected chi connectivity index (χ1v) is 12.7. The lowest BCUT2D eigenvalue weighted by molar-refractivity contribution is -0.134. The molecule has 2 saturated carbocycles. The van der Waals surface area contributed by atoms with Gasteiger partial charge in [-0.2, -0.15) is 0 Å². The van der Waals surface area contributed by atoms with Gasteiger partial charge in [-0.15, -0.1) is 24.0 Å². The highest BCUT2D eigenvalue weighted by atomic mass is 127. The molecule has 178 valence electrons. The monoisotopic (exact) mass is 545 g/mol. The van der Waals surface area contributed by atoms with Crippen molar-refractivity contribution in [1.29, 1.82) is 0 Å². The Hall–Kier alpha value is -0.570. The van der Waals surface area contributed by atoms with Crippen LogP contribution in [0.1, 0.15) is 77.0 Å². The number of aliphatic imine (C=N–C) groups is 1. The summed E-state index contributed by atoms with van der Waals surface area (Å²) in [6.07, 6.45) is 15.4. The SMILES string of the molecule is CN=C(NCC1CCCN1CC1CCCCC1)NC1CCN(C(=O)C2CCCC2)C1.I. The van der Waals surface area contributed by atoms with Gasteiger partial charge in [-0.3, -0.25) is 14.7 Å². The second-order valence-electron chi connectivity index (χ2n) is 10.1. The molecule has 31 heavy (non-hydrogen) atoms. The largest absolute Gasteiger partial charge is 0.355 e. The lowest BCUT2D eigenvalue weighted by Crippen LogP contribution is -2.49. The van der Waals surface area contributed by atoms with Gasteiger partial charge in [0.05, 0.1) is 0 Å². The highest BCUT2D eigenvalue weighted by Gasteiger charge is 2.33. The van der Waals surface area contributed by atoms with Crippen molar-refractivity contribution in [3.63, 3.8) is 0 Å². The van der Waals surface area contributed by atoms with Crippen LogP contribution in [0.5, 0.6) is 0 Å². The number of nitrogens with zero attached hydrogens (tertiary/aromatic N) is 3. The van der Waals surface area contributed by atoms with Crippen LogP contribution in [0.2, 0.25) is 0 Å². The van der Waals surface area contributed by atoms with E-state index in [0.29, 0.717) is 23.9 Å². The summed E-state index contributed by atoms with van der Waals surface area (Å²) >= 11 is 0. The molecule has 0 bridgehead atoms. The minimum atomic E-state index is 0. The second kappa shape index (κ2) is 12.6. The van der Waals surface area contributed by atoms with Crippen LogP contribution in [0.15, 0.2) is 4.99 Å². The molecule has 2 heterocycles. The van der Waals surface area contributed by atoms with Gasteiger partial charge in [0.1, 0.15) is 0 Å². The predicted molar refractivity (Wildman–Crippen MR) is 138 cm³/mol. The van der Waals surface area contributed by atoms with Crippen molar-refractivity contribution in [3.05, 3.63) is 0 Å². The Morgan fingerprint density at radius 2 is 1.68 bits per heavy atom. The van der Waals surface area contributed by atoms with Gasteiger partial charge in [-0.05, 0) is 57.4 Å². The van der Waals surface area contributed by atoms with E-state index in [4.69, 9.17) is 0 Å². The summed E-state index contributed by atoms with van der Waals surface area (Å²) < 4.78 is 0. The quantitative estimate of drug-likeness (QED) is 0.304. The average molecular weight is 546 g/mol. The topological polar surface area (TPSA) is 60.0 Å². The third-order valence-electron chi connectivity index (χ3n) is 7.99. The first-order chi connectivity index (χ1) is 14.7. The van der Waals surface area contributed by atoms with Gasteiger partial charge in [-0.1, -0.05) is 32.1 Å². The first-order valence-electron chi connectivity index (χ1n) is 12.7. The van der Waals surface area contributed by atoms with Crippen LogP contribution in [-0.2, 0) is 4.79 Å². The minimum absolute atomic E-state index is 0. The predicted octanol–water partition coefficient (Wildman–Crippen LogP) is 3.61. The standard InChI is InChI=1S/C24H43N5O.HI/c1-25-24(27-21-13-15-29(18-21)23(30)20-10-5-6-11-20)26-16-22-12-7-14-28(22)17-19-8-3-2-4-9-19;/h19-22H,2-18H2,1H3,(H2,25,26,27);1H. The molecule has 4 fully saturated rings. The lowest BCUT2D eigenvalue weighted by Gasteiger charge is -2.31. The van der Waals surface area contributed by atoms with Crippen LogP contribution in [-0.4, -0.2) is 73.5 Å². The normalized spacial score (nSPS) is 28.7. The summed E-state index contributed by atoms with van der Waals surface area (Å²) in [5.74, 6) is 2.50. The summed E-state index contributed by atoms with van der Waals surface area (Å²) in [6.45, 7) is 5.24. The van der Waals surface area contributed by atoms with Gasteiger partial charge in [0.25, 0.3) is 0 Å². The van der Waals surface area contributed by atoms with E-state index >= 15 is 0 Å². The molecule has 2 saturated heterocycles. The Labute approximate surface area is 206 Å². The number of amides is 1. The number of likely N-dealkylation sites (tertiary alicyclic amines) is 2. The molecule has 0 aromatic rings. The number of carbonyl (C=O) groups excluding carboxylic acids is 1. The average Bonchev–Trinajstić information content (AvgIpc) is 3.54. The van der Waals surface area contributed by atoms with Crippen molar-refractivity contribution in [3.8, 4) is 0 Å². The maximum absolute atomic E-state index is 12.7. The Balaban J connectivity index is 0.00000272. The minimum Gasteiger partial charge on any atom is -0.355 e. The van der Waals surface area contributed by atoms with Gasteiger partial charge in [0.15, 0.2) is 5.96 Å². The van der Waals surface area contributed by atoms with E-state index in [0.717, 1.165) is 50.8 Å². The zero-order valence-electron chi connectivity index (χ0n) is 19.5.